The predicted octanol–water partition coefficient (Wildman–Crippen LogP) is 0.197. The quantitative estimate of drug-likeness (QED) is 0.690. The van der Waals surface area contributed by atoms with Crippen molar-refractivity contribution in [3.8, 4) is 0 Å². The van der Waals surface area contributed by atoms with Crippen LogP contribution in [0.15, 0.2) is 12.4 Å². The van der Waals surface area contributed by atoms with Crippen molar-refractivity contribution >= 4 is 23.8 Å². The number of nitrogens with one attached hydrogen (secondary N) is 2. The third-order valence-electron chi connectivity index (χ3n) is 3.71. The number of imide groups is 1. The molecule has 0 saturated carbocycles. The van der Waals surface area contributed by atoms with E-state index in [0.29, 0.717) is 25.5 Å². The summed E-state index contributed by atoms with van der Waals surface area (Å²) in [4.78, 5) is 47.0. The van der Waals surface area contributed by atoms with Gasteiger partial charge in [0.2, 0.25) is 11.9 Å². The minimum Gasteiger partial charge on any atom is -0.357 e. The second-order valence-electron chi connectivity index (χ2n) is 5.61. The molecule has 1 aliphatic heterocycles. The molecule has 2 heterocycles. The summed E-state index contributed by atoms with van der Waals surface area (Å²) in [6, 6.07) is -1.22. The fourth-order valence-electron chi connectivity index (χ4n) is 2.41. The molecule has 0 bridgehead atoms. The molecule has 0 spiro atoms. The molecule has 0 aliphatic carbocycles. The van der Waals surface area contributed by atoms with E-state index >= 15 is 0 Å². The molecule has 1 aromatic heterocycles. The summed E-state index contributed by atoms with van der Waals surface area (Å²) in [5.41, 5.74) is 0.777. The van der Waals surface area contributed by atoms with Crippen LogP contribution in [0.25, 0.3) is 0 Å². The third-order valence-corrected chi connectivity index (χ3v) is 3.71. The van der Waals surface area contributed by atoms with Crippen LogP contribution in [-0.2, 0) is 16.1 Å². The van der Waals surface area contributed by atoms with E-state index < -0.39 is 12.1 Å². The van der Waals surface area contributed by atoms with Crippen LogP contribution >= 0.6 is 0 Å². The van der Waals surface area contributed by atoms with Gasteiger partial charge in [-0.15, -0.1) is 0 Å². The smallest absolute Gasteiger partial charge is 0.324 e. The normalized spacial score (nSPS) is 17.0. The van der Waals surface area contributed by atoms with Crippen LogP contribution in [0, 0.1) is 0 Å². The first-order valence-electron chi connectivity index (χ1n) is 7.80. The molecule has 2 N–H and O–H groups in total. The molecule has 9 nitrogen and oxygen atoms in total. The average molecular weight is 334 g/mol. The first kappa shape index (κ1) is 17.6. The largest absolute Gasteiger partial charge is 0.357 e. The van der Waals surface area contributed by atoms with Gasteiger partial charge in [-0.25, -0.2) is 14.8 Å². The molecule has 1 saturated heterocycles. The van der Waals surface area contributed by atoms with Crippen LogP contribution in [0.1, 0.15) is 25.3 Å². The fraction of sp³-hybridized carbons (Fsp3) is 0.533. The standard InChI is InChI=1S/C15H22N6O3/c1-4-5-21-13(23)11(19-15(21)24)6-12(22)20(3)9-10-7-17-14(16-2)18-8-10/h7-8,11H,4-6,9H2,1-3H3,(H,19,24)(H,16,17,18)/t11-/m0/s1. The van der Waals surface area contributed by atoms with Crippen LogP contribution in [-0.4, -0.2) is 64.3 Å². The Hall–Kier alpha value is -2.71. The van der Waals surface area contributed by atoms with E-state index in [4.69, 9.17) is 0 Å². The lowest BCUT2D eigenvalue weighted by atomic mass is 10.2. The number of aromatic nitrogens is 2. The van der Waals surface area contributed by atoms with Crippen molar-refractivity contribution < 1.29 is 14.4 Å². The van der Waals surface area contributed by atoms with Gasteiger partial charge in [0.1, 0.15) is 6.04 Å². The summed E-state index contributed by atoms with van der Waals surface area (Å²) in [7, 11) is 3.36. The minimum absolute atomic E-state index is 0.0588. The lowest BCUT2D eigenvalue weighted by Crippen LogP contribution is -2.37. The molecule has 1 aromatic rings. The number of nitrogens with zero attached hydrogens (tertiary/aromatic N) is 4. The maximum absolute atomic E-state index is 12.3. The van der Waals surface area contributed by atoms with Crippen molar-refractivity contribution in [1.82, 2.24) is 25.1 Å². The van der Waals surface area contributed by atoms with Gasteiger partial charge in [-0.3, -0.25) is 14.5 Å². The zero-order chi connectivity index (χ0) is 17.7. The summed E-state index contributed by atoms with van der Waals surface area (Å²) in [6.07, 6.45) is 3.89. The fourth-order valence-corrected chi connectivity index (χ4v) is 2.41. The van der Waals surface area contributed by atoms with Crippen molar-refractivity contribution in [2.24, 2.45) is 0 Å². The molecule has 4 amide bonds. The molecular weight excluding hydrogens is 312 g/mol. The highest BCUT2D eigenvalue weighted by atomic mass is 16.2. The van der Waals surface area contributed by atoms with Crippen molar-refractivity contribution in [1.29, 1.82) is 0 Å². The number of rotatable bonds is 7. The second kappa shape index (κ2) is 7.71. The monoisotopic (exact) mass is 334 g/mol. The van der Waals surface area contributed by atoms with E-state index in [1.54, 1.807) is 26.5 Å². The Kier molecular flexibility index (Phi) is 5.67. The van der Waals surface area contributed by atoms with Gasteiger partial charge in [0.15, 0.2) is 0 Å². The van der Waals surface area contributed by atoms with Gasteiger partial charge >= 0.3 is 6.03 Å². The summed E-state index contributed by atoms with van der Waals surface area (Å²) >= 11 is 0. The molecule has 0 aromatic carbocycles. The highest BCUT2D eigenvalue weighted by Crippen LogP contribution is 2.12. The van der Waals surface area contributed by atoms with E-state index in [0.717, 1.165) is 10.5 Å². The van der Waals surface area contributed by atoms with E-state index in [1.807, 2.05) is 6.92 Å². The maximum atomic E-state index is 12.3. The van der Waals surface area contributed by atoms with E-state index in [1.165, 1.54) is 4.90 Å². The Bertz CT molecular complexity index is 618. The summed E-state index contributed by atoms with van der Waals surface area (Å²) < 4.78 is 0. The third kappa shape index (κ3) is 3.98. The van der Waals surface area contributed by atoms with E-state index in [9.17, 15) is 14.4 Å². The second-order valence-corrected chi connectivity index (χ2v) is 5.61. The molecule has 24 heavy (non-hydrogen) atoms. The average Bonchev–Trinajstić information content (AvgIpc) is 2.83. The van der Waals surface area contributed by atoms with Crippen LogP contribution < -0.4 is 10.6 Å². The number of hydrogen-bond acceptors (Lipinski definition) is 6. The summed E-state index contributed by atoms with van der Waals surface area (Å²) in [5, 5.41) is 5.38. The number of anilines is 1. The molecule has 9 heteroatoms. The zero-order valence-electron chi connectivity index (χ0n) is 14.1. The molecule has 1 fully saturated rings. The number of hydrogen-bond donors (Lipinski definition) is 2. The van der Waals surface area contributed by atoms with Crippen LogP contribution in [0.5, 0.6) is 0 Å². The van der Waals surface area contributed by atoms with E-state index in [2.05, 4.69) is 20.6 Å². The van der Waals surface area contributed by atoms with E-state index in [-0.39, 0.29) is 18.2 Å². The Morgan fingerprint density at radius 3 is 2.62 bits per heavy atom. The topological polar surface area (TPSA) is 108 Å². The Morgan fingerprint density at radius 1 is 1.38 bits per heavy atom. The van der Waals surface area contributed by atoms with Crippen molar-refractivity contribution in [3.05, 3.63) is 18.0 Å². The number of carbonyl (C=O) groups is 3. The molecule has 2 rings (SSSR count). The van der Waals surface area contributed by atoms with Gasteiger partial charge in [-0.1, -0.05) is 6.92 Å². The van der Waals surface area contributed by atoms with Gasteiger partial charge in [0.05, 0.1) is 6.42 Å². The van der Waals surface area contributed by atoms with Crippen molar-refractivity contribution in [2.45, 2.75) is 32.4 Å². The Labute approximate surface area is 140 Å². The molecule has 130 valence electrons. The molecule has 1 aliphatic rings. The zero-order valence-corrected chi connectivity index (χ0v) is 14.1. The van der Waals surface area contributed by atoms with Gasteiger partial charge in [-0.2, -0.15) is 0 Å². The molecular formula is C15H22N6O3. The van der Waals surface area contributed by atoms with Crippen molar-refractivity contribution in [3.63, 3.8) is 0 Å². The number of amides is 4. The predicted molar refractivity (Wildman–Crippen MR) is 87.0 cm³/mol. The lowest BCUT2D eigenvalue weighted by Gasteiger charge is -2.18. The van der Waals surface area contributed by atoms with Gasteiger partial charge < -0.3 is 15.5 Å². The summed E-state index contributed by atoms with van der Waals surface area (Å²) in [5.74, 6) is -0.0713. The molecule has 1 atom stereocenters. The SMILES string of the molecule is CCCN1C(=O)N[C@@H](CC(=O)N(C)Cc2cnc(NC)nc2)C1=O. The Balaban J connectivity index is 1.91. The van der Waals surface area contributed by atoms with Crippen molar-refractivity contribution in [2.75, 3.05) is 26.0 Å². The highest BCUT2D eigenvalue weighted by Gasteiger charge is 2.38. The van der Waals surface area contributed by atoms with Crippen LogP contribution in [0.3, 0.4) is 0 Å². The van der Waals surface area contributed by atoms with Gasteiger partial charge in [0.25, 0.3) is 5.91 Å². The molecule has 0 radical (unpaired) electrons. The van der Waals surface area contributed by atoms with Gasteiger partial charge in [-0.05, 0) is 6.42 Å². The Morgan fingerprint density at radius 2 is 2.04 bits per heavy atom. The first-order valence-corrected chi connectivity index (χ1v) is 7.80. The van der Waals surface area contributed by atoms with Gasteiger partial charge in [0, 0.05) is 45.1 Å². The van der Waals surface area contributed by atoms with Crippen LogP contribution in [0.4, 0.5) is 10.7 Å². The summed E-state index contributed by atoms with van der Waals surface area (Å²) in [6.45, 7) is 2.57. The lowest BCUT2D eigenvalue weighted by molar-refractivity contribution is -0.135. The highest BCUT2D eigenvalue weighted by molar-refractivity contribution is 6.05. The number of urea groups is 1. The number of carbonyl (C=O) groups excluding carboxylic acids is 3. The minimum atomic E-state index is -0.790. The maximum Gasteiger partial charge on any atom is 0.324 e. The molecule has 0 unspecified atom stereocenters. The van der Waals surface area contributed by atoms with Crippen LogP contribution in [0.2, 0.25) is 0 Å². The first-order chi connectivity index (χ1) is 11.5.